The molecule has 0 amide bonds. The summed E-state index contributed by atoms with van der Waals surface area (Å²) in [6, 6.07) is 18.6. The highest BCUT2D eigenvalue weighted by molar-refractivity contribution is 5.62. The molecule has 0 aliphatic carbocycles. The minimum Gasteiger partial charge on any atom is -0.465 e. The summed E-state index contributed by atoms with van der Waals surface area (Å²) in [7, 11) is 0. The number of rotatable bonds is 6. The third-order valence-electron chi connectivity index (χ3n) is 3.34. The molecule has 20 heavy (non-hydrogen) atoms. The van der Waals surface area contributed by atoms with Crippen LogP contribution in [0.1, 0.15) is 37.8 Å². The zero-order valence-corrected chi connectivity index (χ0v) is 12.3. The van der Waals surface area contributed by atoms with Crippen LogP contribution < -0.4 is 4.74 Å². The second-order valence-electron chi connectivity index (χ2n) is 5.03. The van der Waals surface area contributed by atoms with E-state index in [0.717, 1.165) is 17.7 Å². The lowest BCUT2D eigenvalue weighted by Crippen LogP contribution is -1.88. The van der Waals surface area contributed by atoms with Crippen molar-refractivity contribution in [2.45, 2.75) is 33.1 Å². The first-order valence-electron chi connectivity index (χ1n) is 7.27. The summed E-state index contributed by atoms with van der Waals surface area (Å²) < 4.78 is 5.72. The molecule has 0 bridgehead atoms. The summed E-state index contributed by atoms with van der Waals surface area (Å²) in [5.41, 5.74) is 3.69. The molecule has 0 N–H and O–H groups in total. The van der Waals surface area contributed by atoms with E-state index in [1.54, 1.807) is 0 Å². The van der Waals surface area contributed by atoms with Gasteiger partial charge in [-0.3, -0.25) is 0 Å². The van der Waals surface area contributed by atoms with Crippen molar-refractivity contribution in [1.82, 2.24) is 0 Å². The summed E-state index contributed by atoms with van der Waals surface area (Å²) in [5, 5.41) is 0. The van der Waals surface area contributed by atoms with Gasteiger partial charge in [-0.25, -0.2) is 0 Å². The van der Waals surface area contributed by atoms with Gasteiger partial charge in [0.1, 0.15) is 5.75 Å². The summed E-state index contributed by atoms with van der Waals surface area (Å²) in [4.78, 5) is 0. The van der Waals surface area contributed by atoms with Gasteiger partial charge in [0.25, 0.3) is 0 Å². The molecule has 0 saturated heterocycles. The number of aryl methyl sites for hydroxylation is 1. The minimum atomic E-state index is 0.889. The first-order chi connectivity index (χ1) is 9.79. The maximum Gasteiger partial charge on any atom is 0.126 e. The molecule has 0 aromatic heterocycles. The van der Waals surface area contributed by atoms with Crippen LogP contribution in [0.3, 0.4) is 0 Å². The van der Waals surface area contributed by atoms with Gasteiger partial charge in [-0.2, -0.15) is 0 Å². The molecule has 2 aromatic carbocycles. The molecule has 0 radical (unpaired) electrons. The van der Waals surface area contributed by atoms with Crippen LogP contribution >= 0.6 is 0 Å². The van der Waals surface area contributed by atoms with Crippen LogP contribution in [0.4, 0.5) is 0 Å². The topological polar surface area (TPSA) is 9.23 Å². The second kappa shape index (κ2) is 7.54. The SMILES string of the molecule is CCCCc1ccc(OC=C(C)c2ccccc2)cc1. The van der Waals surface area contributed by atoms with E-state index in [9.17, 15) is 0 Å². The Balaban J connectivity index is 1.96. The maximum atomic E-state index is 5.72. The fraction of sp³-hybridized carbons (Fsp3) is 0.263. The Morgan fingerprint density at radius 2 is 1.70 bits per heavy atom. The van der Waals surface area contributed by atoms with Crippen molar-refractivity contribution >= 4 is 5.57 Å². The van der Waals surface area contributed by atoms with Gasteiger partial charge in [0, 0.05) is 0 Å². The molecule has 1 heteroatoms. The standard InChI is InChI=1S/C19H22O/c1-3-4-8-17-11-13-19(14-12-17)20-15-16(2)18-9-6-5-7-10-18/h5-7,9-15H,3-4,8H2,1-2H3. The van der Waals surface area contributed by atoms with Gasteiger partial charge < -0.3 is 4.74 Å². The van der Waals surface area contributed by atoms with E-state index in [0.29, 0.717) is 0 Å². The molecule has 0 saturated carbocycles. The lowest BCUT2D eigenvalue weighted by Gasteiger charge is -2.05. The maximum absolute atomic E-state index is 5.72. The zero-order valence-electron chi connectivity index (χ0n) is 12.3. The molecular weight excluding hydrogens is 244 g/mol. The minimum absolute atomic E-state index is 0.889. The van der Waals surface area contributed by atoms with Crippen molar-refractivity contribution in [2.24, 2.45) is 0 Å². The largest absolute Gasteiger partial charge is 0.465 e. The molecule has 1 nitrogen and oxygen atoms in total. The van der Waals surface area contributed by atoms with E-state index in [-0.39, 0.29) is 0 Å². The Bertz CT molecular complexity index is 538. The average molecular weight is 266 g/mol. The van der Waals surface area contributed by atoms with E-state index in [4.69, 9.17) is 4.74 Å². The summed E-state index contributed by atoms with van der Waals surface area (Å²) in [5.74, 6) is 0.889. The molecule has 0 spiro atoms. The third-order valence-corrected chi connectivity index (χ3v) is 3.34. The van der Waals surface area contributed by atoms with Crippen LogP contribution in [0.2, 0.25) is 0 Å². The molecule has 0 atom stereocenters. The monoisotopic (exact) mass is 266 g/mol. The Morgan fingerprint density at radius 1 is 1.00 bits per heavy atom. The van der Waals surface area contributed by atoms with Crippen LogP contribution in [-0.2, 0) is 6.42 Å². The lowest BCUT2D eigenvalue weighted by molar-refractivity contribution is 0.482. The van der Waals surface area contributed by atoms with Gasteiger partial charge in [0.05, 0.1) is 6.26 Å². The molecule has 0 unspecified atom stereocenters. The van der Waals surface area contributed by atoms with Crippen LogP contribution in [0.25, 0.3) is 5.57 Å². The number of ether oxygens (including phenoxy) is 1. The molecule has 0 heterocycles. The van der Waals surface area contributed by atoms with Gasteiger partial charge in [-0.1, -0.05) is 55.8 Å². The molecule has 2 rings (SSSR count). The lowest BCUT2D eigenvalue weighted by atomic mass is 10.1. The summed E-state index contributed by atoms with van der Waals surface area (Å²) >= 11 is 0. The molecule has 0 fully saturated rings. The van der Waals surface area contributed by atoms with Crippen molar-refractivity contribution < 1.29 is 4.74 Å². The predicted octanol–water partition coefficient (Wildman–Crippen LogP) is 5.47. The number of hydrogen-bond acceptors (Lipinski definition) is 1. The molecular formula is C19H22O. The fourth-order valence-corrected chi connectivity index (χ4v) is 2.04. The molecule has 0 aliphatic heterocycles. The second-order valence-corrected chi connectivity index (χ2v) is 5.03. The Morgan fingerprint density at radius 3 is 2.35 bits per heavy atom. The fourth-order valence-electron chi connectivity index (χ4n) is 2.04. The quantitative estimate of drug-likeness (QED) is 0.630. The highest BCUT2D eigenvalue weighted by atomic mass is 16.5. The van der Waals surface area contributed by atoms with Gasteiger partial charge in [-0.05, 0) is 48.6 Å². The van der Waals surface area contributed by atoms with Crippen molar-refractivity contribution in [1.29, 1.82) is 0 Å². The summed E-state index contributed by atoms with van der Waals surface area (Å²) in [6.07, 6.45) is 5.44. The number of hydrogen-bond donors (Lipinski definition) is 0. The van der Waals surface area contributed by atoms with E-state index in [2.05, 4.69) is 38.1 Å². The Kier molecular flexibility index (Phi) is 5.43. The smallest absolute Gasteiger partial charge is 0.126 e. The van der Waals surface area contributed by atoms with Gasteiger partial charge in [0.15, 0.2) is 0 Å². The zero-order chi connectivity index (χ0) is 14.2. The third kappa shape index (κ3) is 4.27. The molecule has 2 aromatic rings. The van der Waals surface area contributed by atoms with Crippen molar-refractivity contribution in [3.8, 4) is 5.75 Å². The Hall–Kier alpha value is -2.02. The van der Waals surface area contributed by atoms with Crippen LogP contribution in [0.15, 0.2) is 60.9 Å². The van der Waals surface area contributed by atoms with E-state index in [1.165, 1.54) is 24.0 Å². The number of allylic oxidation sites excluding steroid dienone is 1. The number of unbranched alkanes of at least 4 members (excludes halogenated alkanes) is 1. The summed E-state index contributed by atoms with van der Waals surface area (Å²) in [6.45, 7) is 4.28. The van der Waals surface area contributed by atoms with E-state index >= 15 is 0 Å². The highest BCUT2D eigenvalue weighted by Gasteiger charge is 1.97. The first-order valence-corrected chi connectivity index (χ1v) is 7.27. The van der Waals surface area contributed by atoms with Crippen molar-refractivity contribution in [2.75, 3.05) is 0 Å². The van der Waals surface area contributed by atoms with Gasteiger partial charge in [0.2, 0.25) is 0 Å². The highest BCUT2D eigenvalue weighted by Crippen LogP contribution is 2.17. The van der Waals surface area contributed by atoms with Crippen molar-refractivity contribution in [3.05, 3.63) is 72.0 Å². The van der Waals surface area contributed by atoms with E-state index in [1.807, 2.05) is 36.6 Å². The molecule has 104 valence electrons. The van der Waals surface area contributed by atoms with E-state index < -0.39 is 0 Å². The van der Waals surface area contributed by atoms with Crippen molar-refractivity contribution in [3.63, 3.8) is 0 Å². The van der Waals surface area contributed by atoms with Crippen LogP contribution in [-0.4, -0.2) is 0 Å². The van der Waals surface area contributed by atoms with Gasteiger partial charge in [-0.15, -0.1) is 0 Å². The predicted molar refractivity (Wildman–Crippen MR) is 85.8 cm³/mol. The first kappa shape index (κ1) is 14.4. The normalized spacial score (nSPS) is 11.4. The van der Waals surface area contributed by atoms with Gasteiger partial charge >= 0.3 is 0 Å². The average Bonchev–Trinajstić information content (AvgIpc) is 2.52. The van der Waals surface area contributed by atoms with Crippen LogP contribution in [0, 0.1) is 0 Å². The Labute approximate surface area is 121 Å². The van der Waals surface area contributed by atoms with Crippen LogP contribution in [0.5, 0.6) is 5.75 Å². The molecule has 0 aliphatic rings. The number of benzene rings is 2.